The van der Waals surface area contributed by atoms with Crippen molar-refractivity contribution in [1.82, 2.24) is 0 Å². The molecular weight excluding hydrogens is 254 g/mol. The Morgan fingerprint density at radius 3 is 2.10 bits per heavy atom. The number of benzene rings is 2. The fourth-order valence-corrected chi connectivity index (χ4v) is 3.45. The van der Waals surface area contributed by atoms with Crippen molar-refractivity contribution in [3.8, 4) is 0 Å². The lowest BCUT2D eigenvalue weighted by atomic mass is 9.81. The van der Waals surface area contributed by atoms with E-state index in [1.807, 2.05) is 0 Å². The van der Waals surface area contributed by atoms with E-state index in [0.717, 1.165) is 6.42 Å². The topological polar surface area (TPSA) is 26.0 Å². The van der Waals surface area contributed by atoms with Gasteiger partial charge in [0.25, 0.3) is 0 Å². The summed E-state index contributed by atoms with van der Waals surface area (Å²) in [5.41, 5.74) is 10.5. The molecule has 1 nitrogen and oxygen atoms in total. The van der Waals surface area contributed by atoms with Gasteiger partial charge in [0.05, 0.1) is 0 Å². The van der Waals surface area contributed by atoms with Crippen LogP contribution in [-0.2, 0) is 6.42 Å². The SMILES string of the molecule is NC(c1ccc(Cc2ccccc2)cc1)C1CCCCC1. The molecule has 0 saturated heterocycles. The third-order valence-corrected chi connectivity index (χ3v) is 4.77. The van der Waals surface area contributed by atoms with Gasteiger partial charge in [-0.05, 0) is 41.9 Å². The first-order valence-corrected chi connectivity index (χ1v) is 8.21. The molecule has 0 heterocycles. The molecule has 1 saturated carbocycles. The third kappa shape index (κ3) is 3.74. The number of hydrogen-bond acceptors (Lipinski definition) is 1. The van der Waals surface area contributed by atoms with E-state index in [-0.39, 0.29) is 6.04 Å². The Hall–Kier alpha value is -1.60. The first-order chi connectivity index (χ1) is 10.3. The lowest BCUT2D eigenvalue weighted by Gasteiger charge is -2.27. The van der Waals surface area contributed by atoms with E-state index in [9.17, 15) is 0 Å². The summed E-state index contributed by atoms with van der Waals surface area (Å²) in [5.74, 6) is 0.679. The van der Waals surface area contributed by atoms with Crippen LogP contribution in [0.4, 0.5) is 0 Å². The van der Waals surface area contributed by atoms with Crippen molar-refractivity contribution in [2.45, 2.75) is 44.6 Å². The van der Waals surface area contributed by atoms with Crippen molar-refractivity contribution in [3.05, 3.63) is 71.3 Å². The average molecular weight is 279 g/mol. The van der Waals surface area contributed by atoms with Gasteiger partial charge in [-0.1, -0.05) is 73.9 Å². The summed E-state index contributed by atoms with van der Waals surface area (Å²) in [6.45, 7) is 0. The molecular formula is C20H25N. The predicted octanol–water partition coefficient (Wildman–Crippen LogP) is 4.86. The van der Waals surface area contributed by atoms with Crippen LogP contribution >= 0.6 is 0 Å². The van der Waals surface area contributed by atoms with Crippen LogP contribution in [-0.4, -0.2) is 0 Å². The maximum atomic E-state index is 6.47. The first kappa shape index (κ1) is 14.3. The molecule has 2 aromatic rings. The Balaban J connectivity index is 1.66. The standard InChI is InChI=1S/C20H25N/c21-20(18-9-5-2-6-10-18)19-13-11-17(12-14-19)15-16-7-3-1-4-8-16/h1,3-4,7-8,11-14,18,20H,2,5-6,9-10,15,21H2. The van der Waals surface area contributed by atoms with Crippen molar-refractivity contribution >= 4 is 0 Å². The van der Waals surface area contributed by atoms with Crippen molar-refractivity contribution in [3.63, 3.8) is 0 Å². The van der Waals surface area contributed by atoms with E-state index in [1.165, 1.54) is 48.8 Å². The normalized spacial score (nSPS) is 17.6. The summed E-state index contributed by atoms with van der Waals surface area (Å²) >= 11 is 0. The molecule has 0 spiro atoms. The van der Waals surface area contributed by atoms with Gasteiger partial charge in [-0.3, -0.25) is 0 Å². The molecule has 0 amide bonds. The second kappa shape index (κ2) is 6.91. The molecule has 0 radical (unpaired) electrons. The van der Waals surface area contributed by atoms with Crippen LogP contribution in [0.15, 0.2) is 54.6 Å². The lowest BCUT2D eigenvalue weighted by molar-refractivity contribution is 0.308. The summed E-state index contributed by atoms with van der Waals surface area (Å²) in [6.07, 6.45) is 7.69. The summed E-state index contributed by atoms with van der Waals surface area (Å²) in [6, 6.07) is 19.8. The third-order valence-electron chi connectivity index (χ3n) is 4.77. The minimum absolute atomic E-state index is 0.219. The van der Waals surface area contributed by atoms with Gasteiger partial charge in [0.15, 0.2) is 0 Å². The molecule has 2 aromatic carbocycles. The van der Waals surface area contributed by atoms with Gasteiger partial charge in [-0.2, -0.15) is 0 Å². The van der Waals surface area contributed by atoms with Crippen LogP contribution in [0.1, 0.15) is 54.8 Å². The van der Waals surface area contributed by atoms with Crippen molar-refractivity contribution in [1.29, 1.82) is 0 Å². The maximum Gasteiger partial charge on any atom is 0.0323 e. The van der Waals surface area contributed by atoms with Crippen LogP contribution < -0.4 is 5.73 Å². The van der Waals surface area contributed by atoms with Gasteiger partial charge in [-0.15, -0.1) is 0 Å². The zero-order valence-electron chi connectivity index (χ0n) is 12.7. The smallest absolute Gasteiger partial charge is 0.0323 e. The second-order valence-electron chi connectivity index (χ2n) is 6.33. The lowest BCUT2D eigenvalue weighted by Crippen LogP contribution is -2.23. The zero-order chi connectivity index (χ0) is 14.5. The molecule has 0 aromatic heterocycles. The van der Waals surface area contributed by atoms with Crippen LogP contribution in [0.25, 0.3) is 0 Å². The first-order valence-electron chi connectivity index (χ1n) is 8.21. The van der Waals surface area contributed by atoms with E-state index >= 15 is 0 Å². The Morgan fingerprint density at radius 1 is 0.810 bits per heavy atom. The Labute approximate surface area is 128 Å². The van der Waals surface area contributed by atoms with E-state index in [1.54, 1.807) is 0 Å². The molecule has 1 aliphatic rings. The largest absolute Gasteiger partial charge is 0.324 e. The van der Waals surface area contributed by atoms with Gasteiger partial charge in [-0.25, -0.2) is 0 Å². The molecule has 1 unspecified atom stereocenters. The van der Waals surface area contributed by atoms with Gasteiger partial charge in [0.1, 0.15) is 0 Å². The minimum atomic E-state index is 0.219. The quantitative estimate of drug-likeness (QED) is 0.850. The summed E-state index contributed by atoms with van der Waals surface area (Å²) in [7, 11) is 0. The van der Waals surface area contributed by atoms with E-state index in [4.69, 9.17) is 5.73 Å². The fraction of sp³-hybridized carbons (Fsp3) is 0.400. The molecule has 0 bridgehead atoms. The monoisotopic (exact) mass is 279 g/mol. The highest BCUT2D eigenvalue weighted by Crippen LogP contribution is 2.32. The highest BCUT2D eigenvalue weighted by Gasteiger charge is 2.21. The van der Waals surface area contributed by atoms with Gasteiger partial charge in [0.2, 0.25) is 0 Å². The Bertz CT molecular complexity index is 538. The molecule has 1 atom stereocenters. The summed E-state index contributed by atoms with van der Waals surface area (Å²) in [5, 5.41) is 0. The summed E-state index contributed by atoms with van der Waals surface area (Å²) in [4.78, 5) is 0. The van der Waals surface area contributed by atoms with Gasteiger partial charge in [0, 0.05) is 6.04 Å². The second-order valence-corrected chi connectivity index (χ2v) is 6.33. The molecule has 1 heteroatoms. The predicted molar refractivity (Wildman–Crippen MR) is 89.2 cm³/mol. The number of hydrogen-bond donors (Lipinski definition) is 1. The molecule has 1 fully saturated rings. The van der Waals surface area contributed by atoms with Crippen LogP contribution in [0.5, 0.6) is 0 Å². The zero-order valence-corrected chi connectivity index (χ0v) is 12.7. The highest BCUT2D eigenvalue weighted by atomic mass is 14.7. The fourth-order valence-electron chi connectivity index (χ4n) is 3.45. The molecule has 3 rings (SSSR count). The molecule has 1 aliphatic carbocycles. The highest BCUT2D eigenvalue weighted by molar-refractivity contribution is 5.30. The molecule has 21 heavy (non-hydrogen) atoms. The molecule has 0 aliphatic heterocycles. The van der Waals surface area contributed by atoms with Crippen molar-refractivity contribution < 1.29 is 0 Å². The maximum absolute atomic E-state index is 6.47. The van der Waals surface area contributed by atoms with E-state index in [2.05, 4.69) is 54.6 Å². The van der Waals surface area contributed by atoms with Crippen LogP contribution in [0.3, 0.4) is 0 Å². The molecule has 110 valence electrons. The Morgan fingerprint density at radius 2 is 1.43 bits per heavy atom. The van der Waals surface area contributed by atoms with Crippen LogP contribution in [0, 0.1) is 5.92 Å². The summed E-state index contributed by atoms with van der Waals surface area (Å²) < 4.78 is 0. The van der Waals surface area contributed by atoms with Crippen LogP contribution in [0.2, 0.25) is 0 Å². The average Bonchev–Trinajstić information content (AvgIpc) is 2.57. The van der Waals surface area contributed by atoms with E-state index in [0.29, 0.717) is 5.92 Å². The van der Waals surface area contributed by atoms with Gasteiger partial charge < -0.3 is 5.73 Å². The molecule has 2 N–H and O–H groups in total. The Kier molecular flexibility index (Phi) is 4.72. The number of rotatable bonds is 4. The van der Waals surface area contributed by atoms with Crippen molar-refractivity contribution in [2.75, 3.05) is 0 Å². The number of nitrogens with two attached hydrogens (primary N) is 1. The van der Waals surface area contributed by atoms with Crippen molar-refractivity contribution in [2.24, 2.45) is 11.7 Å². The van der Waals surface area contributed by atoms with E-state index < -0.39 is 0 Å². The minimum Gasteiger partial charge on any atom is -0.324 e. The van der Waals surface area contributed by atoms with Gasteiger partial charge >= 0.3 is 0 Å².